The third-order valence-corrected chi connectivity index (χ3v) is 2.32. The van der Waals surface area contributed by atoms with E-state index in [2.05, 4.69) is 5.32 Å². The molecule has 1 aliphatic carbocycles. The van der Waals surface area contributed by atoms with Crippen LogP contribution in [-0.2, 0) is 4.74 Å². The number of nitrogens with one attached hydrogen (secondary N) is 1. The van der Waals surface area contributed by atoms with Gasteiger partial charge in [0.25, 0.3) is 0 Å². The highest BCUT2D eigenvalue weighted by Gasteiger charge is 2.32. The van der Waals surface area contributed by atoms with Crippen molar-refractivity contribution in [3.05, 3.63) is 0 Å². The number of amides is 1. The van der Waals surface area contributed by atoms with Gasteiger partial charge in [0.2, 0.25) is 0 Å². The number of hydrogen-bond acceptors (Lipinski definition) is 2. The Kier molecular flexibility index (Phi) is 2.95. The van der Waals surface area contributed by atoms with Crippen molar-refractivity contribution in [2.75, 3.05) is 6.54 Å². The summed E-state index contributed by atoms with van der Waals surface area (Å²) in [6, 6.07) is 0. The van der Waals surface area contributed by atoms with Gasteiger partial charge in [-0.15, -0.1) is 0 Å². The summed E-state index contributed by atoms with van der Waals surface area (Å²) in [5.41, 5.74) is -0.195. The fourth-order valence-corrected chi connectivity index (χ4v) is 1.63. The standard InChI is InChI=1S/C9H17NO2/c1-3-10-8(11)12-9(2)6-4-5-7-9/h3-7H2,1-2H3,(H,10,11). The van der Waals surface area contributed by atoms with Gasteiger partial charge in [0.15, 0.2) is 0 Å². The number of rotatable bonds is 2. The Balaban J connectivity index is 2.33. The number of carbonyl (C=O) groups is 1. The van der Waals surface area contributed by atoms with Crippen molar-refractivity contribution in [2.24, 2.45) is 0 Å². The van der Waals surface area contributed by atoms with Crippen molar-refractivity contribution in [2.45, 2.75) is 45.1 Å². The van der Waals surface area contributed by atoms with Crippen molar-refractivity contribution in [1.82, 2.24) is 5.32 Å². The molecule has 0 aromatic heterocycles. The summed E-state index contributed by atoms with van der Waals surface area (Å²) >= 11 is 0. The smallest absolute Gasteiger partial charge is 0.407 e. The van der Waals surface area contributed by atoms with E-state index in [1.54, 1.807) is 0 Å². The second-order valence-electron chi connectivity index (χ2n) is 3.58. The van der Waals surface area contributed by atoms with E-state index in [1.807, 2.05) is 13.8 Å². The van der Waals surface area contributed by atoms with Crippen LogP contribution in [0.1, 0.15) is 39.5 Å². The fraction of sp³-hybridized carbons (Fsp3) is 0.889. The molecule has 1 rings (SSSR count). The minimum atomic E-state index is -0.276. The van der Waals surface area contributed by atoms with Gasteiger partial charge < -0.3 is 10.1 Å². The van der Waals surface area contributed by atoms with Crippen LogP contribution in [0.25, 0.3) is 0 Å². The van der Waals surface area contributed by atoms with Gasteiger partial charge in [-0.05, 0) is 39.5 Å². The molecule has 1 saturated carbocycles. The van der Waals surface area contributed by atoms with E-state index in [9.17, 15) is 4.79 Å². The second kappa shape index (κ2) is 3.78. The Morgan fingerprint density at radius 2 is 2.08 bits per heavy atom. The predicted molar refractivity (Wildman–Crippen MR) is 47.0 cm³/mol. The lowest BCUT2D eigenvalue weighted by Crippen LogP contribution is -2.34. The topological polar surface area (TPSA) is 38.3 Å². The number of carbonyl (C=O) groups excluding carboxylic acids is 1. The van der Waals surface area contributed by atoms with Gasteiger partial charge in [0.05, 0.1) is 0 Å². The normalized spacial score (nSPS) is 20.5. The highest BCUT2D eigenvalue weighted by atomic mass is 16.6. The average molecular weight is 171 g/mol. The van der Waals surface area contributed by atoms with E-state index >= 15 is 0 Å². The molecule has 3 heteroatoms. The SMILES string of the molecule is CCNC(=O)OC1(C)CCCC1. The second-order valence-corrected chi connectivity index (χ2v) is 3.58. The van der Waals surface area contributed by atoms with Crippen molar-refractivity contribution in [3.63, 3.8) is 0 Å². The van der Waals surface area contributed by atoms with Crippen LogP contribution in [0.15, 0.2) is 0 Å². The molecule has 12 heavy (non-hydrogen) atoms. The lowest BCUT2D eigenvalue weighted by Gasteiger charge is -2.23. The third kappa shape index (κ3) is 2.40. The Bertz CT molecular complexity index is 162. The first-order valence-corrected chi connectivity index (χ1v) is 4.63. The van der Waals surface area contributed by atoms with E-state index in [4.69, 9.17) is 4.74 Å². The molecule has 0 radical (unpaired) electrons. The van der Waals surface area contributed by atoms with Gasteiger partial charge >= 0.3 is 6.09 Å². The van der Waals surface area contributed by atoms with E-state index < -0.39 is 0 Å². The minimum Gasteiger partial charge on any atom is -0.443 e. The maximum absolute atomic E-state index is 11.1. The minimum absolute atomic E-state index is 0.195. The first-order valence-electron chi connectivity index (χ1n) is 4.63. The molecule has 0 aromatic carbocycles. The molecule has 0 aromatic rings. The average Bonchev–Trinajstić information content (AvgIpc) is 2.36. The largest absolute Gasteiger partial charge is 0.443 e. The summed E-state index contributed by atoms with van der Waals surface area (Å²) in [6.07, 6.45) is 4.09. The first kappa shape index (κ1) is 9.36. The summed E-state index contributed by atoms with van der Waals surface area (Å²) in [6.45, 7) is 4.53. The van der Waals surface area contributed by atoms with Crippen molar-refractivity contribution in [1.29, 1.82) is 0 Å². The van der Waals surface area contributed by atoms with Gasteiger partial charge in [-0.3, -0.25) is 0 Å². The first-order chi connectivity index (χ1) is 5.66. The molecular weight excluding hydrogens is 154 g/mol. The lowest BCUT2D eigenvalue weighted by atomic mass is 10.1. The zero-order valence-corrected chi connectivity index (χ0v) is 7.85. The van der Waals surface area contributed by atoms with Gasteiger partial charge in [0.1, 0.15) is 5.60 Å². The van der Waals surface area contributed by atoms with Crippen LogP contribution < -0.4 is 5.32 Å². The Morgan fingerprint density at radius 1 is 1.50 bits per heavy atom. The van der Waals surface area contributed by atoms with Crippen LogP contribution in [0.5, 0.6) is 0 Å². The van der Waals surface area contributed by atoms with Crippen LogP contribution in [0.3, 0.4) is 0 Å². The Hall–Kier alpha value is -0.730. The maximum atomic E-state index is 11.1. The monoisotopic (exact) mass is 171 g/mol. The van der Waals surface area contributed by atoms with Gasteiger partial charge in [0, 0.05) is 6.54 Å². The summed E-state index contributed by atoms with van der Waals surface area (Å²) in [5.74, 6) is 0. The maximum Gasteiger partial charge on any atom is 0.407 e. The summed E-state index contributed by atoms with van der Waals surface area (Å²) in [4.78, 5) is 11.1. The molecule has 0 spiro atoms. The predicted octanol–water partition coefficient (Wildman–Crippen LogP) is 2.07. The summed E-state index contributed by atoms with van der Waals surface area (Å²) in [5, 5.41) is 2.64. The zero-order chi connectivity index (χ0) is 9.03. The summed E-state index contributed by atoms with van der Waals surface area (Å²) in [7, 11) is 0. The molecule has 3 nitrogen and oxygen atoms in total. The van der Waals surface area contributed by atoms with Crippen molar-refractivity contribution in [3.8, 4) is 0 Å². The quantitative estimate of drug-likeness (QED) is 0.690. The van der Waals surface area contributed by atoms with Gasteiger partial charge in [-0.25, -0.2) is 4.79 Å². The number of ether oxygens (including phenoxy) is 1. The van der Waals surface area contributed by atoms with Crippen LogP contribution >= 0.6 is 0 Å². The number of alkyl carbamates (subject to hydrolysis) is 1. The zero-order valence-electron chi connectivity index (χ0n) is 7.85. The molecule has 70 valence electrons. The van der Waals surface area contributed by atoms with E-state index in [0.717, 1.165) is 12.8 Å². The van der Waals surface area contributed by atoms with E-state index in [0.29, 0.717) is 6.54 Å². The molecule has 1 aliphatic rings. The number of hydrogen-bond donors (Lipinski definition) is 1. The fourth-order valence-electron chi connectivity index (χ4n) is 1.63. The highest BCUT2D eigenvalue weighted by Crippen LogP contribution is 2.32. The molecule has 0 aliphatic heterocycles. The lowest BCUT2D eigenvalue weighted by molar-refractivity contribution is 0.0307. The van der Waals surface area contributed by atoms with Gasteiger partial charge in [-0.1, -0.05) is 0 Å². The van der Waals surface area contributed by atoms with Crippen LogP contribution in [-0.4, -0.2) is 18.2 Å². The van der Waals surface area contributed by atoms with Crippen molar-refractivity contribution >= 4 is 6.09 Å². The molecule has 0 heterocycles. The van der Waals surface area contributed by atoms with Gasteiger partial charge in [-0.2, -0.15) is 0 Å². The van der Waals surface area contributed by atoms with E-state index in [1.165, 1.54) is 12.8 Å². The Labute approximate surface area is 73.5 Å². The van der Waals surface area contributed by atoms with Crippen LogP contribution in [0.4, 0.5) is 4.79 Å². The molecule has 1 amide bonds. The van der Waals surface area contributed by atoms with Crippen LogP contribution in [0.2, 0.25) is 0 Å². The molecule has 0 bridgehead atoms. The molecular formula is C9H17NO2. The Morgan fingerprint density at radius 3 is 2.58 bits per heavy atom. The third-order valence-electron chi connectivity index (χ3n) is 2.32. The highest BCUT2D eigenvalue weighted by molar-refractivity contribution is 5.67. The molecule has 0 atom stereocenters. The molecule has 1 N–H and O–H groups in total. The molecule has 0 saturated heterocycles. The molecule has 0 unspecified atom stereocenters. The molecule has 1 fully saturated rings. The van der Waals surface area contributed by atoms with E-state index in [-0.39, 0.29) is 11.7 Å². The van der Waals surface area contributed by atoms with Crippen LogP contribution in [0, 0.1) is 0 Å². The summed E-state index contributed by atoms with van der Waals surface area (Å²) < 4.78 is 5.29. The van der Waals surface area contributed by atoms with Crippen molar-refractivity contribution < 1.29 is 9.53 Å².